The second kappa shape index (κ2) is 7.15. The normalized spacial score (nSPS) is 24.4. The third-order valence-corrected chi connectivity index (χ3v) is 5.42. The molecule has 0 bridgehead atoms. The number of hydrogen-bond donors (Lipinski definition) is 2. The van der Waals surface area contributed by atoms with Crippen LogP contribution in [0.1, 0.15) is 74.8 Å². The number of methoxy groups -OCH3 is 1. The minimum atomic E-state index is -1.12. The Kier molecular flexibility index (Phi) is 5.21. The molecular formula is C21H30N2O4. The van der Waals surface area contributed by atoms with Gasteiger partial charge in [0.2, 0.25) is 0 Å². The number of benzene rings is 1. The number of nitrogens with two attached hydrogens (primary N) is 1. The van der Waals surface area contributed by atoms with E-state index in [1.165, 1.54) is 12.7 Å². The monoisotopic (exact) mass is 374 g/mol. The molecule has 0 saturated carbocycles. The van der Waals surface area contributed by atoms with E-state index in [2.05, 4.69) is 11.4 Å². The van der Waals surface area contributed by atoms with E-state index in [0.29, 0.717) is 6.42 Å². The number of amides is 1. The van der Waals surface area contributed by atoms with Gasteiger partial charge in [0.25, 0.3) is 0 Å². The SMILES string of the molecule is COC(=O)[C@@]1(N)CCCc2cc3c(cc21)[C@@H](NC(=O)OC(C)(C)C)CCC3. The molecule has 3 rings (SSSR count). The molecule has 2 aliphatic rings. The van der Waals surface area contributed by atoms with Crippen LogP contribution in [0.4, 0.5) is 4.79 Å². The maximum Gasteiger partial charge on any atom is 0.408 e. The van der Waals surface area contributed by atoms with Crippen LogP contribution in [0.5, 0.6) is 0 Å². The summed E-state index contributed by atoms with van der Waals surface area (Å²) >= 11 is 0. The lowest BCUT2D eigenvalue weighted by atomic mass is 9.73. The van der Waals surface area contributed by atoms with Crippen LogP contribution in [0.15, 0.2) is 12.1 Å². The topological polar surface area (TPSA) is 90.6 Å². The first-order chi connectivity index (χ1) is 12.6. The highest BCUT2D eigenvalue weighted by molar-refractivity contribution is 5.83. The number of nitrogens with one attached hydrogen (secondary N) is 1. The third kappa shape index (κ3) is 3.95. The van der Waals surface area contributed by atoms with Gasteiger partial charge in [0.15, 0.2) is 0 Å². The molecule has 0 radical (unpaired) electrons. The summed E-state index contributed by atoms with van der Waals surface area (Å²) in [5.74, 6) is -0.407. The van der Waals surface area contributed by atoms with E-state index in [-0.39, 0.29) is 6.04 Å². The maximum atomic E-state index is 12.4. The fourth-order valence-corrected chi connectivity index (χ4v) is 4.21. The minimum Gasteiger partial charge on any atom is -0.467 e. The van der Waals surface area contributed by atoms with Crippen molar-refractivity contribution in [2.75, 3.05) is 7.11 Å². The first kappa shape index (κ1) is 19.7. The van der Waals surface area contributed by atoms with Crippen LogP contribution in [0.25, 0.3) is 0 Å². The predicted octanol–water partition coefficient (Wildman–Crippen LogP) is 3.25. The fraction of sp³-hybridized carbons (Fsp3) is 0.619. The predicted molar refractivity (Wildman–Crippen MR) is 102 cm³/mol. The summed E-state index contributed by atoms with van der Waals surface area (Å²) in [5.41, 5.74) is 9.03. The average molecular weight is 374 g/mol. The zero-order chi connectivity index (χ0) is 19.8. The van der Waals surface area contributed by atoms with Crippen molar-refractivity contribution in [3.8, 4) is 0 Å². The molecule has 1 amide bonds. The zero-order valence-corrected chi connectivity index (χ0v) is 16.7. The summed E-state index contributed by atoms with van der Waals surface area (Å²) in [4.78, 5) is 24.7. The van der Waals surface area contributed by atoms with Crippen LogP contribution in [0.3, 0.4) is 0 Å². The van der Waals surface area contributed by atoms with Gasteiger partial charge in [-0.1, -0.05) is 12.1 Å². The van der Waals surface area contributed by atoms with Gasteiger partial charge in [0.05, 0.1) is 13.2 Å². The molecule has 1 aromatic carbocycles. The number of hydrogen-bond acceptors (Lipinski definition) is 5. The number of aryl methyl sites for hydroxylation is 2. The Bertz CT molecular complexity index is 753. The molecule has 2 atom stereocenters. The Morgan fingerprint density at radius 2 is 1.89 bits per heavy atom. The van der Waals surface area contributed by atoms with Crippen molar-refractivity contribution in [3.63, 3.8) is 0 Å². The quantitative estimate of drug-likeness (QED) is 0.776. The van der Waals surface area contributed by atoms with Gasteiger partial charge in [-0.25, -0.2) is 9.59 Å². The molecule has 2 aliphatic carbocycles. The highest BCUT2D eigenvalue weighted by atomic mass is 16.6. The first-order valence-electron chi connectivity index (χ1n) is 9.67. The lowest BCUT2D eigenvalue weighted by Gasteiger charge is -2.36. The van der Waals surface area contributed by atoms with Crippen molar-refractivity contribution < 1.29 is 19.1 Å². The standard InChI is InChI=1S/C21H30N2O4/c1-20(2,3)27-19(25)23-17-9-5-7-13-11-14-8-6-10-21(22,18(24)26-4)16(14)12-15(13)17/h11-12,17H,5-10,22H2,1-4H3,(H,23,25)/t17-,21+/m0/s1. The molecule has 0 unspecified atom stereocenters. The Labute approximate surface area is 160 Å². The Morgan fingerprint density at radius 1 is 1.19 bits per heavy atom. The number of rotatable bonds is 2. The van der Waals surface area contributed by atoms with E-state index >= 15 is 0 Å². The summed E-state index contributed by atoms with van der Waals surface area (Å²) in [6, 6.07) is 4.04. The van der Waals surface area contributed by atoms with Crippen molar-refractivity contribution >= 4 is 12.1 Å². The third-order valence-electron chi connectivity index (χ3n) is 5.42. The second-order valence-corrected chi connectivity index (χ2v) is 8.62. The van der Waals surface area contributed by atoms with E-state index in [9.17, 15) is 9.59 Å². The molecule has 0 saturated heterocycles. The summed E-state index contributed by atoms with van der Waals surface area (Å²) < 4.78 is 10.4. The molecule has 0 aliphatic heterocycles. The molecule has 0 spiro atoms. The zero-order valence-electron chi connectivity index (χ0n) is 16.7. The molecule has 3 N–H and O–H groups in total. The number of alkyl carbamates (subject to hydrolysis) is 1. The van der Waals surface area contributed by atoms with Gasteiger partial charge in [0, 0.05) is 0 Å². The van der Waals surface area contributed by atoms with Gasteiger partial charge in [-0.3, -0.25) is 0 Å². The molecular weight excluding hydrogens is 344 g/mol. The smallest absolute Gasteiger partial charge is 0.408 e. The Hall–Kier alpha value is -2.08. The summed E-state index contributed by atoms with van der Waals surface area (Å²) in [6.45, 7) is 5.53. The number of esters is 1. The molecule has 148 valence electrons. The number of carbonyl (C=O) groups is 2. The summed E-state index contributed by atoms with van der Waals surface area (Å²) in [7, 11) is 1.37. The van der Waals surface area contributed by atoms with E-state index in [0.717, 1.165) is 48.8 Å². The lowest BCUT2D eigenvalue weighted by Crippen LogP contribution is -2.48. The van der Waals surface area contributed by atoms with Gasteiger partial charge in [-0.2, -0.15) is 0 Å². The van der Waals surface area contributed by atoms with Crippen molar-refractivity contribution in [1.29, 1.82) is 0 Å². The van der Waals surface area contributed by atoms with Crippen LogP contribution in [-0.2, 0) is 32.6 Å². The Balaban J connectivity index is 1.95. The maximum absolute atomic E-state index is 12.4. The first-order valence-corrected chi connectivity index (χ1v) is 9.67. The number of ether oxygens (including phenoxy) is 2. The van der Waals surface area contributed by atoms with Gasteiger partial charge in [0.1, 0.15) is 11.1 Å². The fourth-order valence-electron chi connectivity index (χ4n) is 4.21. The van der Waals surface area contributed by atoms with E-state index in [4.69, 9.17) is 15.2 Å². The van der Waals surface area contributed by atoms with Gasteiger partial charge >= 0.3 is 12.1 Å². The van der Waals surface area contributed by atoms with Crippen LogP contribution in [-0.4, -0.2) is 24.8 Å². The van der Waals surface area contributed by atoms with Crippen LogP contribution in [0.2, 0.25) is 0 Å². The minimum absolute atomic E-state index is 0.141. The highest BCUT2D eigenvalue weighted by Gasteiger charge is 2.42. The van der Waals surface area contributed by atoms with Crippen molar-refractivity contribution in [2.24, 2.45) is 5.73 Å². The van der Waals surface area contributed by atoms with E-state index in [1.54, 1.807) is 0 Å². The largest absolute Gasteiger partial charge is 0.467 e. The number of fused-ring (bicyclic) bond motifs is 2. The van der Waals surface area contributed by atoms with E-state index in [1.807, 2.05) is 26.8 Å². The molecule has 27 heavy (non-hydrogen) atoms. The van der Waals surface area contributed by atoms with Crippen LogP contribution < -0.4 is 11.1 Å². The molecule has 6 nitrogen and oxygen atoms in total. The molecule has 0 fully saturated rings. The van der Waals surface area contributed by atoms with Crippen LogP contribution >= 0.6 is 0 Å². The molecule has 6 heteroatoms. The van der Waals surface area contributed by atoms with Gasteiger partial charge in [-0.15, -0.1) is 0 Å². The molecule has 1 aromatic rings. The van der Waals surface area contributed by atoms with Crippen LogP contribution in [0, 0.1) is 0 Å². The molecule has 0 heterocycles. The highest BCUT2D eigenvalue weighted by Crippen LogP contribution is 2.40. The average Bonchev–Trinajstić information content (AvgIpc) is 2.58. The van der Waals surface area contributed by atoms with E-state index < -0.39 is 23.2 Å². The number of carbonyl (C=O) groups excluding carboxylic acids is 2. The summed E-state index contributed by atoms with van der Waals surface area (Å²) in [5, 5.41) is 2.99. The van der Waals surface area contributed by atoms with Gasteiger partial charge in [-0.05, 0) is 81.5 Å². The van der Waals surface area contributed by atoms with Crippen molar-refractivity contribution in [3.05, 3.63) is 34.4 Å². The van der Waals surface area contributed by atoms with Crippen molar-refractivity contribution in [1.82, 2.24) is 5.32 Å². The van der Waals surface area contributed by atoms with Gasteiger partial charge < -0.3 is 20.5 Å². The lowest BCUT2D eigenvalue weighted by molar-refractivity contribution is -0.148. The summed E-state index contributed by atoms with van der Waals surface area (Å²) in [6.07, 6.45) is 4.70. The second-order valence-electron chi connectivity index (χ2n) is 8.62. The Morgan fingerprint density at radius 3 is 2.56 bits per heavy atom. The van der Waals surface area contributed by atoms with Crippen molar-refractivity contribution in [2.45, 2.75) is 76.5 Å². The molecule has 0 aromatic heterocycles.